The van der Waals surface area contributed by atoms with Gasteiger partial charge in [-0.3, -0.25) is 9.69 Å². The highest BCUT2D eigenvalue weighted by Crippen LogP contribution is 2.24. The fraction of sp³-hybridized carbons (Fsp3) is 0.381. The van der Waals surface area contributed by atoms with E-state index in [1.165, 1.54) is 11.3 Å². The lowest BCUT2D eigenvalue weighted by molar-refractivity contribution is -0.117. The molecule has 2 aromatic rings. The van der Waals surface area contributed by atoms with E-state index in [4.69, 9.17) is 4.74 Å². The number of aryl methyl sites for hydroxylation is 1. The summed E-state index contributed by atoms with van der Waals surface area (Å²) in [4.78, 5) is 17.0. The Balaban J connectivity index is 1.55. The number of anilines is 2. The summed E-state index contributed by atoms with van der Waals surface area (Å²) in [6.07, 6.45) is 0. The van der Waals surface area contributed by atoms with E-state index < -0.39 is 0 Å². The summed E-state index contributed by atoms with van der Waals surface area (Å²) in [6.45, 7) is 7.37. The molecule has 0 aromatic heterocycles. The monoisotopic (exact) mass is 353 g/mol. The minimum atomic E-state index is -0.00881. The highest BCUT2D eigenvalue weighted by molar-refractivity contribution is 5.93. The first-order chi connectivity index (χ1) is 12.6. The second-order valence-corrected chi connectivity index (χ2v) is 6.86. The van der Waals surface area contributed by atoms with Crippen LogP contribution in [0.3, 0.4) is 0 Å². The molecule has 138 valence electrons. The Morgan fingerprint density at radius 2 is 1.88 bits per heavy atom. The number of nitrogens with one attached hydrogen (secondary N) is 1. The number of hydrogen-bond acceptors (Lipinski definition) is 4. The van der Waals surface area contributed by atoms with E-state index in [0.717, 1.165) is 19.6 Å². The highest BCUT2D eigenvalue weighted by Gasteiger charge is 2.25. The van der Waals surface area contributed by atoms with Crippen LogP contribution in [-0.4, -0.2) is 50.1 Å². The molecule has 1 aliphatic heterocycles. The summed E-state index contributed by atoms with van der Waals surface area (Å²) >= 11 is 0. The van der Waals surface area contributed by atoms with Gasteiger partial charge in [0.25, 0.3) is 0 Å². The summed E-state index contributed by atoms with van der Waals surface area (Å²) in [5.41, 5.74) is 3.24. The van der Waals surface area contributed by atoms with Gasteiger partial charge in [-0.1, -0.05) is 29.8 Å². The topological polar surface area (TPSA) is 44.8 Å². The van der Waals surface area contributed by atoms with Crippen molar-refractivity contribution in [2.45, 2.75) is 19.9 Å². The van der Waals surface area contributed by atoms with Crippen molar-refractivity contribution in [3.8, 4) is 5.75 Å². The Labute approximate surface area is 155 Å². The first-order valence-electron chi connectivity index (χ1n) is 9.05. The maximum Gasteiger partial charge on any atom is 0.238 e. The molecule has 0 unspecified atom stereocenters. The van der Waals surface area contributed by atoms with Crippen LogP contribution in [0.5, 0.6) is 5.75 Å². The molecular formula is C21H27N3O2. The zero-order valence-corrected chi connectivity index (χ0v) is 15.7. The predicted octanol–water partition coefficient (Wildman–Crippen LogP) is 3.15. The minimum Gasteiger partial charge on any atom is -0.495 e. The van der Waals surface area contributed by atoms with Crippen LogP contribution < -0.4 is 15.0 Å². The molecule has 1 fully saturated rings. The van der Waals surface area contributed by atoms with Gasteiger partial charge in [0.1, 0.15) is 5.75 Å². The highest BCUT2D eigenvalue weighted by atomic mass is 16.5. The summed E-state index contributed by atoms with van der Waals surface area (Å²) in [6, 6.07) is 16.5. The lowest BCUT2D eigenvalue weighted by Crippen LogP contribution is -2.53. The third-order valence-corrected chi connectivity index (χ3v) is 4.83. The Bertz CT molecular complexity index is 745. The van der Waals surface area contributed by atoms with Gasteiger partial charge in [-0.2, -0.15) is 0 Å². The lowest BCUT2D eigenvalue weighted by atomic mass is 10.1. The number of piperazine rings is 1. The molecule has 0 radical (unpaired) electrons. The molecule has 26 heavy (non-hydrogen) atoms. The SMILES string of the molecule is COc1ccccc1NC(=O)CN1CCN(c2ccc(C)cc2)[C@@H](C)C1. The number of carbonyl (C=O) groups is 1. The van der Waals surface area contributed by atoms with Crippen LogP contribution in [0.15, 0.2) is 48.5 Å². The molecule has 5 heteroatoms. The van der Waals surface area contributed by atoms with Crippen molar-refractivity contribution in [2.24, 2.45) is 0 Å². The number of nitrogens with zero attached hydrogens (tertiary/aromatic N) is 2. The Morgan fingerprint density at radius 3 is 2.58 bits per heavy atom. The number of methoxy groups -OCH3 is 1. The first-order valence-corrected chi connectivity index (χ1v) is 9.05. The van der Waals surface area contributed by atoms with Crippen LogP contribution >= 0.6 is 0 Å². The van der Waals surface area contributed by atoms with Crippen LogP contribution in [0, 0.1) is 6.92 Å². The van der Waals surface area contributed by atoms with Crippen molar-refractivity contribution in [3.63, 3.8) is 0 Å². The van der Waals surface area contributed by atoms with Gasteiger partial charge in [0.15, 0.2) is 0 Å². The second kappa shape index (κ2) is 8.23. The van der Waals surface area contributed by atoms with E-state index >= 15 is 0 Å². The van der Waals surface area contributed by atoms with Crippen LogP contribution in [-0.2, 0) is 4.79 Å². The fourth-order valence-electron chi connectivity index (χ4n) is 3.44. The molecule has 0 bridgehead atoms. The van der Waals surface area contributed by atoms with Crippen molar-refractivity contribution < 1.29 is 9.53 Å². The van der Waals surface area contributed by atoms with Gasteiger partial charge in [0.05, 0.1) is 19.3 Å². The van der Waals surface area contributed by atoms with Crippen molar-refractivity contribution in [1.82, 2.24) is 4.90 Å². The van der Waals surface area contributed by atoms with Gasteiger partial charge in [-0.25, -0.2) is 0 Å². The second-order valence-electron chi connectivity index (χ2n) is 6.86. The molecule has 1 N–H and O–H groups in total. The lowest BCUT2D eigenvalue weighted by Gasteiger charge is -2.41. The number of para-hydroxylation sites is 2. The van der Waals surface area contributed by atoms with Crippen molar-refractivity contribution >= 4 is 17.3 Å². The molecule has 2 aromatic carbocycles. The average Bonchev–Trinajstić information content (AvgIpc) is 2.63. The average molecular weight is 353 g/mol. The summed E-state index contributed by atoms with van der Waals surface area (Å²) in [7, 11) is 1.61. The summed E-state index contributed by atoms with van der Waals surface area (Å²) < 4.78 is 5.29. The molecular weight excluding hydrogens is 326 g/mol. The zero-order valence-electron chi connectivity index (χ0n) is 15.7. The summed E-state index contributed by atoms with van der Waals surface area (Å²) in [5, 5.41) is 2.95. The molecule has 0 spiro atoms. The predicted molar refractivity (Wildman–Crippen MR) is 106 cm³/mol. The van der Waals surface area contributed by atoms with E-state index in [0.29, 0.717) is 24.0 Å². The number of ether oxygens (including phenoxy) is 1. The quantitative estimate of drug-likeness (QED) is 0.897. The molecule has 1 heterocycles. The molecule has 1 saturated heterocycles. The number of benzene rings is 2. The maximum absolute atomic E-state index is 12.4. The molecule has 3 rings (SSSR count). The van der Waals surface area contributed by atoms with Gasteiger partial charge < -0.3 is 15.0 Å². The molecule has 1 aliphatic rings. The van der Waals surface area contributed by atoms with E-state index in [9.17, 15) is 4.79 Å². The minimum absolute atomic E-state index is 0.00881. The molecule has 5 nitrogen and oxygen atoms in total. The zero-order chi connectivity index (χ0) is 18.5. The third-order valence-electron chi connectivity index (χ3n) is 4.83. The smallest absolute Gasteiger partial charge is 0.238 e. The molecule has 1 amide bonds. The van der Waals surface area contributed by atoms with Crippen molar-refractivity contribution in [2.75, 3.05) is 43.5 Å². The molecule has 1 atom stereocenters. The van der Waals surface area contributed by atoms with Gasteiger partial charge in [0.2, 0.25) is 5.91 Å². The number of rotatable bonds is 5. The van der Waals surface area contributed by atoms with Gasteiger partial charge in [-0.05, 0) is 38.1 Å². The number of hydrogen-bond donors (Lipinski definition) is 1. The Hall–Kier alpha value is -2.53. The van der Waals surface area contributed by atoms with E-state index in [1.54, 1.807) is 7.11 Å². The Kier molecular flexibility index (Phi) is 5.78. The molecule has 0 saturated carbocycles. The van der Waals surface area contributed by atoms with E-state index in [-0.39, 0.29) is 5.91 Å². The van der Waals surface area contributed by atoms with Crippen molar-refractivity contribution in [3.05, 3.63) is 54.1 Å². The van der Waals surface area contributed by atoms with Gasteiger partial charge >= 0.3 is 0 Å². The Morgan fingerprint density at radius 1 is 1.15 bits per heavy atom. The van der Waals surface area contributed by atoms with E-state index in [1.807, 2.05) is 24.3 Å². The van der Waals surface area contributed by atoms with Crippen LogP contribution in [0.1, 0.15) is 12.5 Å². The van der Waals surface area contributed by atoms with Gasteiger partial charge in [-0.15, -0.1) is 0 Å². The normalized spacial score (nSPS) is 17.8. The first kappa shape index (κ1) is 18.3. The van der Waals surface area contributed by atoms with Crippen molar-refractivity contribution in [1.29, 1.82) is 0 Å². The maximum atomic E-state index is 12.4. The summed E-state index contributed by atoms with van der Waals surface area (Å²) in [5.74, 6) is 0.670. The largest absolute Gasteiger partial charge is 0.495 e. The molecule has 0 aliphatic carbocycles. The fourth-order valence-corrected chi connectivity index (χ4v) is 3.44. The van der Waals surface area contributed by atoms with E-state index in [2.05, 4.69) is 53.2 Å². The van der Waals surface area contributed by atoms with Crippen LogP contribution in [0.4, 0.5) is 11.4 Å². The number of amides is 1. The van der Waals surface area contributed by atoms with Gasteiger partial charge in [0, 0.05) is 31.4 Å². The van der Waals surface area contributed by atoms with Crippen LogP contribution in [0.25, 0.3) is 0 Å². The number of carbonyl (C=O) groups excluding carboxylic acids is 1. The van der Waals surface area contributed by atoms with Crippen LogP contribution in [0.2, 0.25) is 0 Å². The standard InChI is InChI=1S/C21H27N3O2/c1-16-8-10-18(11-9-16)24-13-12-23(14-17(24)2)15-21(25)22-19-6-4-5-7-20(19)26-3/h4-11,17H,12-15H2,1-3H3,(H,22,25)/t17-/m0/s1. The third kappa shape index (κ3) is 4.35.